The first-order chi connectivity index (χ1) is 6.86. The highest BCUT2D eigenvalue weighted by Crippen LogP contribution is 2.22. The highest BCUT2D eigenvalue weighted by molar-refractivity contribution is 4.76. The van der Waals surface area contributed by atoms with Crippen LogP contribution in [0.25, 0.3) is 0 Å². The van der Waals surface area contributed by atoms with E-state index in [1.54, 1.807) is 0 Å². The van der Waals surface area contributed by atoms with Crippen LogP contribution < -0.4 is 0 Å². The second-order valence-corrected chi connectivity index (χ2v) is 4.91. The van der Waals surface area contributed by atoms with Gasteiger partial charge in [0.2, 0.25) is 0 Å². The zero-order chi connectivity index (χ0) is 9.80. The summed E-state index contributed by atoms with van der Waals surface area (Å²) in [4.78, 5) is 2.67. The Balaban J connectivity index is 1.72. The average molecular weight is 197 g/mol. The molecule has 0 aliphatic carbocycles. The van der Waals surface area contributed by atoms with E-state index in [1.165, 1.54) is 45.2 Å². The van der Waals surface area contributed by atoms with Crippen molar-refractivity contribution >= 4 is 0 Å². The minimum absolute atomic E-state index is 0.780. The molecule has 0 aromatic heterocycles. The lowest BCUT2D eigenvalue weighted by atomic mass is 9.98. The van der Waals surface area contributed by atoms with Crippen molar-refractivity contribution in [2.24, 2.45) is 5.92 Å². The third kappa shape index (κ3) is 2.71. The van der Waals surface area contributed by atoms with Crippen molar-refractivity contribution in [1.29, 1.82) is 0 Å². The first kappa shape index (κ1) is 10.4. The molecule has 0 amide bonds. The van der Waals surface area contributed by atoms with Gasteiger partial charge in [0.25, 0.3) is 0 Å². The lowest BCUT2D eigenvalue weighted by Crippen LogP contribution is -2.38. The number of likely N-dealkylation sites (tertiary alicyclic amines) is 1. The van der Waals surface area contributed by atoms with Gasteiger partial charge in [0.15, 0.2) is 0 Å². The molecule has 2 heterocycles. The Morgan fingerprint density at radius 2 is 2.07 bits per heavy atom. The molecule has 2 aliphatic heterocycles. The van der Waals surface area contributed by atoms with Gasteiger partial charge in [-0.05, 0) is 51.6 Å². The van der Waals surface area contributed by atoms with E-state index >= 15 is 0 Å². The molecule has 0 spiro atoms. The molecule has 2 aliphatic rings. The highest BCUT2D eigenvalue weighted by Gasteiger charge is 2.22. The van der Waals surface area contributed by atoms with Gasteiger partial charge in [-0.3, -0.25) is 0 Å². The summed E-state index contributed by atoms with van der Waals surface area (Å²) in [5.74, 6) is 0.840. The van der Waals surface area contributed by atoms with Crippen LogP contribution in [0.3, 0.4) is 0 Å². The van der Waals surface area contributed by atoms with Crippen LogP contribution in [0.4, 0.5) is 0 Å². The van der Waals surface area contributed by atoms with Crippen LogP contribution in [0.2, 0.25) is 0 Å². The Labute approximate surface area is 87.6 Å². The minimum Gasteiger partial charge on any atom is -0.381 e. The topological polar surface area (TPSA) is 12.5 Å². The normalized spacial score (nSPS) is 31.9. The van der Waals surface area contributed by atoms with Crippen molar-refractivity contribution < 1.29 is 4.74 Å². The Kier molecular flexibility index (Phi) is 3.82. The summed E-state index contributed by atoms with van der Waals surface area (Å²) >= 11 is 0. The van der Waals surface area contributed by atoms with E-state index in [9.17, 15) is 0 Å². The van der Waals surface area contributed by atoms with E-state index in [4.69, 9.17) is 4.74 Å². The second-order valence-electron chi connectivity index (χ2n) is 4.91. The fraction of sp³-hybridized carbons (Fsp3) is 1.00. The predicted octanol–water partition coefficient (Wildman–Crippen LogP) is 2.29. The van der Waals surface area contributed by atoms with Crippen LogP contribution in [0, 0.1) is 5.92 Å². The largest absolute Gasteiger partial charge is 0.381 e. The fourth-order valence-electron chi connectivity index (χ4n) is 2.76. The van der Waals surface area contributed by atoms with Gasteiger partial charge >= 0.3 is 0 Å². The molecular formula is C12H23NO. The smallest absolute Gasteiger partial charge is 0.0495 e. The number of nitrogens with zero attached hydrogens (tertiary/aromatic N) is 1. The lowest BCUT2D eigenvalue weighted by molar-refractivity contribution is 0.139. The molecule has 2 heteroatoms. The van der Waals surface area contributed by atoms with Crippen LogP contribution in [-0.2, 0) is 4.74 Å². The standard InChI is InChI=1S/C12H23NO/c1-11(9-12-5-8-14-10-12)13-6-3-2-4-7-13/h11-12H,2-10H2,1H3. The molecule has 0 N–H and O–H groups in total. The Bertz CT molecular complexity index is 160. The van der Waals surface area contributed by atoms with Gasteiger partial charge in [-0.2, -0.15) is 0 Å². The highest BCUT2D eigenvalue weighted by atomic mass is 16.5. The van der Waals surface area contributed by atoms with Crippen LogP contribution in [0.15, 0.2) is 0 Å². The number of hydrogen-bond donors (Lipinski definition) is 0. The monoisotopic (exact) mass is 197 g/mol. The molecule has 0 saturated carbocycles. The van der Waals surface area contributed by atoms with E-state index in [1.807, 2.05) is 0 Å². The second kappa shape index (κ2) is 5.13. The zero-order valence-electron chi connectivity index (χ0n) is 9.37. The molecule has 2 rings (SSSR count). The Hall–Kier alpha value is -0.0800. The lowest BCUT2D eigenvalue weighted by Gasteiger charge is -2.33. The van der Waals surface area contributed by atoms with Gasteiger partial charge in [0.1, 0.15) is 0 Å². The maximum atomic E-state index is 5.43. The fourth-order valence-corrected chi connectivity index (χ4v) is 2.76. The summed E-state index contributed by atoms with van der Waals surface area (Å²) in [6.07, 6.45) is 6.89. The van der Waals surface area contributed by atoms with E-state index < -0.39 is 0 Å². The van der Waals surface area contributed by atoms with Crippen LogP contribution in [-0.4, -0.2) is 37.2 Å². The van der Waals surface area contributed by atoms with Crippen molar-refractivity contribution in [1.82, 2.24) is 4.90 Å². The molecule has 0 aromatic carbocycles. The van der Waals surface area contributed by atoms with E-state index in [-0.39, 0.29) is 0 Å². The molecular weight excluding hydrogens is 174 g/mol. The number of hydrogen-bond acceptors (Lipinski definition) is 2. The molecule has 14 heavy (non-hydrogen) atoms. The summed E-state index contributed by atoms with van der Waals surface area (Å²) < 4.78 is 5.43. The third-order valence-corrected chi connectivity index (χ3v) is 3.71. The van der Waals surface area contributed by atoms with Crippen molar-refractivity contribution in [2.45, 2.75) is 45.1 Å². The summed E-state index contributed by atoms with van der Waals surface area (Å²) in [6.45, 7) is 7.06. The van der Waals surface area contributed by atoms with Crippen LogP contribution in [0.5, 0.6) is 0 Å². The molecule has 2 unspecified atom stereocenters. The maximum Gasteiger partial charge on any atom is 0.0495 e. The number of rotatable bonds is 3. The summed E-state index contributed by atoms with van der Waals surface area (Å²) in [6, 6.07) is 0.780. The van der Waals surface area contributed by atoms with Gasteiger partial charge in [-0.15, -0.1) is 0 Å². The quantitative estimate of drug-likeness (QED) is 0.688. The molecule has 82 valence electrons. The van der Waals surface area contributed by atoms with Gasteiger partial charge < -0.3 is 9.64 Å². The minimum atomic E-state index is 0.780. The summed E-state index contributed by atoms with van der Waals surface area (Å²) in [5.41, 5.74) is 0. The molecule has 0 bridgehead atoms. The van der Waals surface area contributed by atoms with Gasteiger partial charge in [-0.25, -0.2) is 0 Å². The summed E-state index contributed by atoms with van der Waals surface area (Å²) in [5, 5.41) is 0. The third-order valence-electron chi connectivity index (χ3n) is 3.71. The molecule has 2 saturated heterocycles. The molecule has 0 radical (unpaired) electrons. The SMILES string of the molecule is CC(CC1CCOC1)N1CCCCC1. The van der Waals surface area contributed by atoms with Gasteiger partial charge in [0.05, 0.1) is 0 Å². The van der Waals surface area contributed by atoms with E-state index in [0.29, 0.717) is 0 Å². The van der Waals surface area contributed by atoms with Crippen molar-refractivity contribution in [2.75, 3.05) is 26.3 Å². The van der Waals surface area contributed by atoms with E-state index in [0.717, 1.165) is 25.2 Å². The zero-order valence-corrected chi connectivity index (χ0v) is 9.37. The Morgan fingerprint density at radius 3 is 2.71 bits per heavy atom. The van der Waals surface area contributed by atoms with E-state index in [2.05, 4.69) is 11.8 Å². The van der Waals surface area contributed by atoms with Crippen molar-refractivity contribution in [3.8, 4) is 0 Å². The van der Waals surface area contributed by atoms with Crippen LogP contribution in [0.1, 0.15) is 39.0 Å². The Morgan fingerprint density at radius 1 is 1.29 bits per heavy atom. The average Bonchev–Trinajstić information content (AvgIpc) is 2.72. The predicted molar refractivity (Wildman–Crippen MR) is 58.4 cm³/mol. The van der Waals surface area contributed by atoms with Gasteiger partial charge in [-0.1, -0.05) is 6.42 Å². The maximum absolute atomic E-state index is 5.43. The van der Waals surface area contributed by atoms with Crippen molar-refractivity contribution in [3.63, 3.8) is 0 Å². The molecule has 2 fully saturated rings. The molecule has 2 nitrogen and oxygen atoms in total. The molecule has 2 atom stereocenters. The first-order valence-electron chi connectivity index (χ1n) is 6.18. The molecule has 0 aromatic rings. The first-order valence-corrected chi connectivity index (χ1v) is 6.18. The van der Waals surface area contributed by atoms with Gasteiger partial charge in [0, 0.05) is 19.3 Å². The summed E-state index contributed by atoms with van der Waals surface area (Å²) in [7, 11) is 0. The van der Waals surface area contributed by atoms with Crippen molar-refractivity contribution in [3.05, 3.63) is 0 Å². The number of ether oxygens (including phenoxy) is 1. The van der Waals surface area contributed by atoms with Crippen LogP contribution >= 0.6 is 0 Å². The number of piperidine rings is 1.